The van der Waals surface area contributed by atoms with E-state index in [1.165, 1.54) is 4.88 Å². The molecule has 2 aromatic rings. The van der Waals surface area contributed by atoms with Crippen LogP contribution in [0.4, 0.5) is 0 Å². The molecule has 0 saturated carbocycles. The Kier molecular flexibility index (Phi) is 5.07. The van der Waals surface area contributed by atoms with Crippen molar-refractivity contribution >= 4 is 44.6 Å². The Bertz CT molecular complexity index is 649. The van der Waals surface area contributed by atoms with Crippen molar-refractivity contribution in [3.63, 3.8) is 0 Å². The first kappa shape index (κ1) is 15.9. The SMILES string of the molecule is COCCN1C(=S)N[C@@H](c2ccccn2)[C@H]1c1cc(Br)cs1. The van der Waals surface area contributed by atoms with Crippen molar-refractivity contribution in [1.29, 1.82) is 0 Å². The average molecular weight is 398 g/mol. The van der Waals surface area contributed by atoms with E-state index in [1.54, 1.807) is 18.4 Å². The Hall–Kier alpha value is -1.02. The first-order valence-electron chi connectivity index (χ1n) is 6.91. The predicted octanol–water partition coefficient (Wildman–Crippen LogP) is 3.52. The number of rotatable bonds is 5. The van der Waals surface area contributed by atoms with Crippen molar-refractivity contribution in [3.05, 3.63) is 50.9 Å². The summed E-state index contributed by atoms with van der Waals surface area (Å²) in [7, 11) is 1.71. The standard InChI is InChI=1S/C15H16BrN3OS2/c1-20-7-6-19-14(12-8-10(16)9-22-12)13(18-15(19)21)11-4-2-3-5-17-11/h2-5,8-9,13-14H,6-7H2,1H3,(H,18,21)/t13-,14+/m0/s1. The highest BCUT2D eigenvalue weighted by molar-refractivity contribution is 9.10. The van der Waals surface area contributed by atoms with Gasteiger partial charge in [0.25, 0.3) is 0 Å². The zero-order valence-corrected chi connectivity index (χ0v) is 15.2. The van der Waals surface area contributed by atoms with Crippen LogP contribution in [-0.4, -0.2) is 35.3 Å². The van der Waals surface area contributed by atoms with E-state index in [4.69, 9.17) is 17.0 Å². The monoisotopic (exact) mass is 397 g/mol. The van der Waals surface area contributed by atoms with Crippen molar-refractivity contribution in [1.82, 2.24) is 15.2 Å². The molecule has 3 heterocycles. The molecule has 0 aromatic carbocycles. The molecule has 2 aromatic heterocycles. The summed E-state index contributed by atoms with van der Waals surface area (Å²) >= 11 is 10.8. The molecule has 0 radical (unpaired) electrons. The molecule has 0 unspecified atom stereocenters. The number of aromatic nitrogens is 1. The second-order valence-corrected chi connectivity index (χ2v) is 7.23. The predicted molar refractivity (Wildman–Crippen MR) is 96.1 cm³/mol. The summed E-state index contributed by atoms with van der Waals surface area (Å²) in [5, 5.41) is 6.27. The highest BCUT2D eigenvalue weighted by atomic mass is 79.9. The Morgan fingerprint density at radius 3 is 3.00 bits per heavy atom. The summed E-state index contributed by atoms with van der Waals surface area (Å²) < 4.78 is 6.33. The van der Waals surface area contributed by atoms with Crippen LogP contribution in [0.5, 0.6) is 0 Å². The second kappa shape index (κ2) is 7.04. The average Bonchev–Trinajstić information content (AvgIpc) is 3.09. The van der Waals surface area contributed by atoms with Gasteiger partial charge in [0.15, 0.2) is 5.11 Å². The fourth-order valence-corrected chi connectivity index (χ4v) is 4.55. The van der Waals surface area contributed by atoms with Gasteiger partial charge in [-0.15, -0.1) is 11.3 Å². The van der Waals surface area contributed by atoms with Crippen LogP contribution in [0.15, 0.2) is 40.3 Å². The van der Waals surface area contributed by atoms with Crippen molar-refractivity contribution < 1.29 is 4.74 Å². The maximum absolute atomic E-state index is 5.54. The molecule has 1 aliphatic rings. The van der Waals surface area contributed by atoms with E-state index in [9.17, 15) is 0 Å². The van der Waals surface area contributed by atoms with Crippen molar-refractivity contribution in [3.8, 4) is 0 Å². The van der Waals surface area contributed by atoms with Gasteiger partial charge in [0.1, 0.15) is 0 Å². The molecule has 0 bridgehead atoms. The Morgan fingerprint density at radius 1 is 1.50 bits per heavy atom. The van der Waals surface area contributed by atoms with Gasteiger partial charge in [-0.25, -0.2) is 0 Å². The molecule has 0 spiro atoms. The van der Waals surface area contributed by atoms with E-state index in [0.717, 1.165) is 21.8 Å². The summed E-state index contributed by atoms with van der Waals surface area (Å²) in [5.41, 5.74) is 0.999. The van der Waals surface area contributed by atoms with Crippen LogP contribution in [0.3, 0.4) is 0 Å². The van der Waals surface area contributed by atoms with E-state index in [-0.39, 0.29) is 12.1 Å². The van der Waals surface area contributed by atoms with Gasteiger partial charge in [0, 0.05) is 34.6 Å². The minimum atomic E-state index is 0.0520. The summed E-state index contributed by atoms with van der Waals surface area (Å²) in [6, 6.07) is 8.31. The molecule has 0 aliphatic carbocycles. The van der Waals surface area contributed by atoms with Crippen LogP contribution < -0.4 is 5.32 Å². The minimum absolute atomic E-state index is 0.0520. The number of thiocarbonyl (C=S) groups is 1. The summed E-state index contributed by atoms with van der Waals surface area (Å²) in [6.07, 6.45) is 1.82. The topological polar surface area (TPSA) is 37.4 Å². The third-order valence-electron chi connectivity index (χ3n) is 3.61. The molecule has 1 N–H and O–H groups in total. The van der Waals surface area contributed by atoms with Gasteiger partial charge in [-0.2, -0.15) is 0 Å². The first-order valence-corrected chi connectivity index (χ1v) is 8.99. The summed E-state index contributed by atoms with van der Waals surface area (Å²) in [5.74, 6) is 0. The lowest BCUT2D eigenvalue weighted by Gasteiger charge is -2.26. The smallest absolute Gasteiger partial charge is 0.170 e. The Labute approximate surface area is 147 Å². The van der Waals surface area contributed by atoms with E-state index in [1.807, 2.05) is 24.4 Å². The van der Waals surface area contributed by atoms with Crippen LogP contribution in [0.2, 0.25) is 0 Å². The summed E-state index contributed by atoms with van der Waals surface area (Å²) in [4.78, 5) is 7.95. The molecule has 0 amide bonds. The zero-order valence-electron chi connectivity index (χ0n) is 12.0. The van der Waals surface area contributed by atoms with E-state index in [0.29, 0.717) is 6.61 Å². The highest BCUT2D eigenvalue weighted by Gasteiger charge is 2.40. The van der Waals surface area contributed by atoms with Crippen LogP contribution in [0.25, 0.3) is 0 Å². The van der Waals surface area contributed by atoms with Gasteiger partial charge in [0.2, 0.25) is 0 Å². The molecule has 7 heteroatoms. The molecule has 1 aliphatic heterocycles. The first-order chi connectivity index (χ1) is 10.7. The van der Waals surface area contributed by atoms with Gasteiger partial charge in [0.05, 0.1) is 24.4 Å². The lowest BCUT2D eigenvalue weighted by Crippen LogP contribution is -2.32. The zero-order chi connectivity index (χ0) is 15.5. The van der Waals surface area contributed by atoms with Gasteiger partial charge >= 0.3 is 0 Å². The van der Waals surface area contributed by atoms with Crippen LogP contribution in [0, 0.1) is 0 Å². The molecule has 1 saturated heterocycles. The fraction of sp³-hybridized carbons (Fsp3) is 0.333. The maximum atomic E-state index is 5.54. The second-order valence-electron chi connectivity index (χ2n) is 4.98. The molecular formula is C15H16BrN3OS2. The minimum Gasteiger partial charge on any atom is -0.383 e. The number of hydrogen-bond donors (Lipinski definition) is 1. The van der Waals surface area contributed by atoms with Crippen molar-refractivity contribution in [2.24, 2.45) is 0 Å². The maximum Gasteiger partial charge on any atom is 0.170 e. The molecule has 116 valence electrons. The number of nitrogens with zero attached hydrogens (tertiary/aromatic N) is 2. The molecule has 3 rings (SSSR count). The van der Waals surface area contributed by atoms with Gasteiger partial charge < -0.3 is 15.0 Å². The molecule has 22 heavy (non-hydrogen) atoms. The van der Waals surface area contributed by atoms with Crippen LogP contribution in [0.1, 0.15) is 22.7 Å². The van der Waals surface area contributed by atoms with Gasteiger partial charge in [-0.3, -0.25) is 4.98 Å². The quantitative estimate of drug-likeness (QED) is 0.781. The van der Waals surface area contributed by atoms with E-state index in [2.05, 4.69) is 42.6 Å². The fourth-order valence-electron chi connectivity index (χ4n) is 2.63. The highest BCUT2D eigenvalue weighted by Crippen LogP contribution is 2.41. The van der Waals surface area contributed by atoms with Crippen molar-refractivity contribution in [2.45, 2.75) is 12.1 Å². The van der Waals surface area contributed by atoms with E-state index < -0.39 is 0 Å². The number of halogens is 1. The normalized spacial score (nSPS) is 21.2. The Morgan fingerprint density at radius 2 is 2.36 bits per heavy atom. The van der Waals surface area contributed by atoms with Gasteiger partial charge in [-0.1, -0.05) is 6.07 Å². The van der Waals surface area contributed by atoms with Crippen LogP contribution >= 0.6 is 39.5 Å². The Balaban J connectivity index is 1.96. The largest absolute Gasteiger partial charge is 0.383 e. The third-order valence-corrected chi connectivity index (χ3v) is 5.73. The number of nitrogens with one attached hydrogen (secondary N) is 1. The summed E-state index contributed by atoms with van der Waals surface area (Å²) in [6.45, 7) is 1.39. The number of thiophene rings is 1. The molecular weight excluding hydrogens is 382 g/mol. The van der Waals surface area contributed by atoms with Gasteiger partial charge in [-0.05, 0) is 46.3 Å². The third kappa shape index (κ3) is 3.17. The molecule has 1 fully saturated rings. The lowest BCUT2D eigenvalue weighted by molar-refractivity contribution is 0.164. The lowest BCUT2D eigenvalue weighted by atomic mass is 10.0. The molecule has 2 atom stereocenters. The number of hydrogen-bond acceptors (Lipinski definition) is 4. The molecule has 4 nitrogen and oxygen atoms in total. The van der Waals surface area contributed by atoms with E-state index >= 15 is 0 Å². The number of ether oxygens (including phenoxy) is 1. The van der Waals surface area contributed by atoms with Crippen molar-refractivity contribution in [2.75, 3.05) is 20.3 Å². The number of methoxy groups -OCH3 is 1. The van der Waals surface area contributed by atoms with Crippen LogP contribution in [-0.2, 0) is 4.74 Å². The number of pyridine rings is 1.